The lowest BCUT2D eigenvalue weighted by atomic mass is 9.99. The van der Waals surface area contributed by atoms with Gasteiger partial charge in [0.25, 0.3) is 0 Å². The van der Waals surface area contributed by atoms with E-state index in [-0.39, 0.29) is 5.54 Å². The van der Waals surface area contributed by atoms with Gasteiger partial charge in [-0.25, -0.2) is 0 Å². The molecule has 110 valence electrons. The summed E-state index contributed by atoms with van der Waals surface area (Å²) in [5.41, 5.74) is 1.58. The third kappa shape index (κ3) is 6.81. The van der Waals surface area contributed by atoms with E-state index < -0.39 is 0 Å². The van der Waals surface area contributed by atoms with Crippen LogP contribution in [0.2, 0.25) is 0 Å². The second-order valence-electron chi connectivity index (χ2n) is 6.74. The highest BCUT2D eigenvalue weighted by molar-refractivity contribution is 5.10. The first-order chi connectivity index (χ1) is 8.94. The fourth-order valence-corrected chi connectivity index (χ4v) is 2.29. The fourth-order valence-electron chi connectivity index (χ4n) is 2.29. The first kappa shape index (κ1) is 16.3. The molecule has 1 atom stereocenters. The van der Waals surface area contributed by atoms with Crippen LogP contribution in [0.25, 0.3) is 0 Å². The molecule has 1 N–H and O–H groups in total. The molecule has 0 amide bonds. The Morgan fingerprint density at radius 2 is 2.00 bits per heavy atom. The number of hydrogen-bond acceptors (Lipinski definition) is 1. The van der Waals surface area contributed by atoms with Crippen molar-refractivity contribution in [2.45, 2.75) is 78.9 Å². The van der Waals surface area contributed by atoms with Crippen molar-refractivity contribution >= 4 is 0 Å². The van der Waals surface area contributed by atoms with Gasteiger partial charge < -0.3 is 9.88 Å². The predicted octanol–water partition coefficient (Wildman–Crippen LogP) is 4.59. The second kappa shape index (κ2) is 7.74. The molecule has 0 aliphatic heterocycles. The van der Waals surface area contributed by atoms with Crippen LogP contribution < -0.4 is 5.32 Å². The zero-order chi connectivity index (χ0) is 14.3. The lowest BCUT2D eigenvalue weighted by molar-refractivity contribution is 0.390. The van der Waals surface area contributed by atoms with Gasteiger partial charge in [-0.15, -0.1) is 0 Å². The van der Waals surface area contributed by atoms with Crippen LogP contribution >= 0.6 is 0 Å². The average Bonchev–Trinajstić information content (AvgIpc) is 2.79. The molecule has 0 spiro atoms. The Morgan fingerprint density at radius 1 is 1.26 bits per heavy atom. The highest BCUT2D eigenvalue weighted by Gasteiger charge is 2.10. The van der Waals surface area contributed by atoms with Crippen LogP contribution in [0, 0.1) is 5.92 Å². The zero-order valence-corrected chi connectivity index (χ0v) is 13.5. The van der Waals surface area contributed by atoms with E-state index in [2.05, 4.69) is 63.0 Å². The molecule has 0 aromatic carbocycles. The molecule has 0 saturated carbocycles. The van der Waals surface area contributed by atoms with Crippen LogP contribution in [0.15, 0.2) is 18.5 Å². The van der Waals surface area contributed by atoms with Gasteiger partial charge in [-0.2, -0.15) is 0 Å². The Morgan fingerprint density at radius 3 is 2.58 bits per heavy atom. The Balaban J connectivity index is 2.45. The van der Waals surface area contributed by atoms with Crippen LogP contribution in [-0.4, -0.2) is 10.1 Å². The molecule has 1 aromatic rings. The quantitative estimate of drug-likeness (QED) is 0.726. The second-order valence-corrected chi connectivity index (χ2v) is 6.74. The predicted molar refractivity (Wildman–Crippen MR) is 84.3 cm³/mol. The van der Waals surface area contributed by atoms with E-state index in [1.54, 1.807) is 0 Å². The molecule has 0 fully saturated rings. The molecule has 0 aliphatic rings. The smallest absolute Gasteiger partial charge is 0.0247 e. The molecular formula is C17H32N2. The summed E-state index contributed by atoms with van der Waals surface area (Å²) < 4.78 is 2.36. The molecule has 1 unspecified atom stereocenters. The maximum atomic E-state index is 3.54. The van der Waals surface area contributed by atoms with Gasteiger partial charge in [0.1, 0.15) is 0 Å². The highest BCUT2D eigenvalue weighted by atomic mass is 15.0. The summed E-state index contributed by atoms with van der Waals surface area (Å²) in [6.07, 6.45) is 9.84. The van der Waals surface area contributed by atoms with E-state index in [0.717, 1.165) is 12.5 Å². The summed E-state index contributed by atoms with van der Waals surface area (Å²) in [7, 11) is 0. The number of rotatable bonds is 8. The van der Waals surface area contributed by atoms with E-state index in [9.17, 15) is 0 Å². The van der Waals surface area contributed by atoms with Crippen LogP contribution in [0.1, 0.15) is 65.9 Å². The summed E-state index contributed by atoms with van der Waals surface area (Å²) >= 11 is 0. The SMILES string of the molecule is CCCCC(CC)Cn1ccc(CNC(C)(C)C)c1. The van der Waals surface area contributed by atoms with Crippen molar-refractivity contribution in [1.29, 1.82) is 0 Å². The Labute approximate surface area is 119 Å². The Bertz CT molecular complexity index is 346. The molecule has 1 heterocycles. The Hall–Kier alpha value is -0.760. The topological polar surface area (TPSA) is 17.0 Å². The number of unbranched alkanes of at least 4 members (excludes halogenated alkanes) is 1. The molecule has 0 saturated heterocycles. The van der Waals surface area contributed by atoms with Crippen molar-refractivity contribution in [3.05, 3.63) is 24.0 Å². The van der Waals surface area contributed by atoms with Gasteiger partial charge in [0, 0.05) is 31.0 Å². The van der Waals surface area contributed by atoms with Gasteiger partial charge in [-0.1, -0.05) is 33.1 Å². The van der Waals surface area contributed by atoms with Crippen molar-refractivity contribution in [1.82, 2.24) is 9.88 Å². The molecular weight excluding hydrogens is 232 g/mol. The van der Waals surface area contributed by atoms with E-state index in [4.69, 9.17) is 0 Å². The minimum Gasteiger partial charge on any atom is -0.354 e. The molecule has 2 heteroatoms. The number of nitrogens with zero attached hydrogens (tertiary/aromatic N) is 1. The monoisotopic (exact) mass is 264 g/mol. The highest BCUT2D eigenvalue weighted by Crippen LogP contribution is 2.16. The molecule has 19 heavy (non-hydrogen) atoms. The van der Waals surface area contributed by atoms with E-state index in [0.29, 0.717) is 0 Å². The van der Waals surface area contributed by atoms with E-state index >= 15 is 0 Å². The lowest BCUT2D eigenvalue weighted by Crippen LogP contribution is -2.34. The van der Waals surface area contributed by atoms with Gasteiger partial charge in [0.15, 0.2) is 0 Å². The van der Waals surface area contributed by atoms with Crippen molar-refractivity contribution in [3.8, 4) is 0 Å². The van der Waals surface area contributed by atoms with Crippen LogP contribution in [-0.2, 0) is 13.1 Å². The Kier molecular flexibility index (Phi) is 6.64. The standard InChI is InChI=1S/C17H32N2/c1-6-8-9-15(7-2)13-19-11-10-16(14-19)12-18-17(3,4)5/h10-11,14-15,18H,6-9,12-13H2,1-5H3. The summed E-state index contributed by atoms with van der Waals surface area (Å²) in [6.45, 7) is 13.4. The van der Waals surface area contributed by atoms with Crippen molar-refractivity contribution in [2.75, 3.05) is 0 Å². The van der Waals surface area contributed by atoms with E-state index in [1.165, 1.54) is 37.8 Å². The van der Waals surface area contributed by atoms with Gasteiger partial charge in [0.05, 0.1) is 0 Å². The van der Waals surface area contributed by atoms with Crippen LogP contribution in [0.5, 0.6) is 0 Å². The van der Waals surface area contributed by atoms with E-state index in [1.807, 2.05) is 0 Å². The van der Waals surface area contributed by atoms with Gasteiger partial charge >= 0.3 is 0 Å². The first-order valence-electron chi connectivity index (χ1n) is 7.84. The lowest BCUT2D eigenvalue weighted by Gasteiger charge is -2.20. The molecule has 0 aliphatic carbocycles. The van der Waals surface area contributed by atoms with Crippen molar-refractivity contribution in [3.63, 3.8) is 0 Å². The average molecular weight is 264 g/mol. The summed E-state index contributed by atoms with van der Waals surface area (Å²) in [6, 6.07) is 2.24. The molecule has 1 rings (SSSR count). The normalized spacial score (nSPS) is 13.7. The fraction of sp³-hybridized carbons (Fsp3) is 0.765. The molecule has 0 bridgehead atoms. The largest absolute Gasteiger partial charge is 0.354 e. The summed E-state index contributed by atoms with van der Waals surface area (Å²) in [4.78, 5) is 0. The van der Waals surface area contributed by atoms with Crippen molar-refractivity contribution < 1.29 is 0 Å². The third-order valence-corrected chi connectivity index (χ3v) is 3.65. The maximum Gasteiger partial charge on any atom is 0.0247 e. The number of nitrogens with one attached hydrogen (secondary N) is 1. The van der Waals surface area contributed by atoms with Crippen molar-refractivity contribution in [2.24, 2.45) is 5.92 Å². The van der Waals surface area contributed by atoms with Crippen LogP contribution in [0.4, 0.5) is 0 Å². The van der Waals surface area contributed by atoms with Crippen LogP contribution in [0.3, 0.4) is 0 Å². The first-order valence-corrected chi connectivity index (χ1v) is 7.84. The summed E-state index contributed by atoms with van der Waals surface area (Å²) in [5.74, 6) is 0.829. The maximum absolute atomic E-state index is 3.54. The zero-order valence-electron chi connectivity index (χ0n) is 13.5. The minimum atomic E-state index is 0.190. The minimum absolute atomic E-state index is 0.190. The number of aromatic nitrogens is 1. The number of hydrogen-bond donors (Lipinski definition) is 1. The molecule has 2 nitrogen and oxygen atoms in total. The molecule has 1 aromatic heterocycles. The third-order valence-electron chi connectivity index (χ3n) is 3.65. The summed E-state index contributed by atoms with van der Waals surface area (Å²) in [5, 5.41) is 3.54. The van der Waals surface area contributed by atoms with Gasteiger partial charge in [-0.05, 0) is 44.7 Å². The van der Waals surface area contributed by atoms with Gasteiger partial charge in [-0.3, -0.25) is 0 Å². The molecule has 0 radical (unpaired) electrons. The van der Waals surface area contributed by atoms with Gasteiger partial charge in [0.2, 0.25) is 0 Å².